The zero-order valence-corrected chi connectivity index (χ0v) is 14.1. The number of hydrogen-bond acceptors (Lipinski definition) is 5. The van der Waals surface area contributed by atoms with E-state index < -0.39 is 18.7 Å². The van der Waals surface area contributed by atoms with Crippen molar-refractivity contribution in [1.82, 2.24) is 14.3 Å². The molecule has 0 N–H and O–H groups in total. The molecule has 0 bridgehead atoms. The maximum absolute atomic E-state index is 13.1. The second-order valence-electron chi connectivity index (χ2n) is 5.98. The maximum Gasteiger partial charge on any atom is 0.346 e. The Hall–Kier alpha value is -1.86. The lowest BCUT2D eigenvalue weighted by Crippen LogP contribution is -2.11. The van der Waals surface area contributed by atoms with Gasteiger partial charge in [-0.05, 0) is 25.1 Å². The van der Waals surface area contributed by atoms with E-state index in [1.54, 1.807) is 24.4 Å². The van der Waals surface area contributed by atoms with Gasteiger partial charge in [-0.15, -0.1) is 0 Å². The molecule has 1 atom stereocenters. The van der Waals surface area contributed by atoms with Gasteiger partial charge in [0.2, 0.25) is 0 Å². The Morgan fingerprint density at radius 1 is 1.25 bits per heavy atom. The van der Waals surface area contributed by atoms with Gasteiger partial charge in [0.15, 0.2) is 0 Å². The SMILES string of the molecule is CC(OP(=O)(N1CC1)N1CC1)c1ccc([N+](=O)[O-])c2cccnc12. The van der Waals surface area contributed by atoms with Gasteiger partial charge in [-0.25, -0.2) is 9.34 Å². The molecule has 8 nitrogen and oxygen atoms in total. The van der Waals surface area contributed by atoms with Gasteiger partial charge in [-0.2, -0.15) is 0 Å². The lowest BCUT2D eigenvalue weighted by atomic mass is 10.0. The monoisotopic (exact) mass is 348 g/mol. The highest BCUT2D eigenvalue weighted by atomic mass is 31.2. The molecule has 1 aromatic heterocycles. The smallest absolute Gasteiger partial charge is 0.298 e. The quantitative estimate of drug-likeness (QED) is 0.343. The Kier molecular flexibility index (Phi) is 3.65. The van der Waals surface area contributed by atoms with Crippen LogP contribution >= 0.6 is 7.67 Å². The number of nitro benzene ring substituents is 1. The summed E-state index contributed by atoms with van der Waals surface area (Å²) >= 11 is 0. The lowest BCUT2D eigenvalue weighted by molar-refractivity contribution is -0.383. The van der Waals surface area contributed by atoms with Crippen molar-refractivity contribution >= 4 is 24.3 Å². The van der Waals surface area contributed by atoms with Crippen molar-refractivity contribution in [2.45, 2.75) is 13.0 Å². The van der Waals surface area contributed by atoms with Crippen molar-refractivity contribution in [3.05, 3.63) is 46.1 Å². The fourth-order valence-corrected chi connectivity index (χ4v) is 5.18. The van der Waals surface area contributed by atoms with Crippen LogP contribution in [-0.2, 0) is 9.09 Å². The third kappa shape index (κ3) is 2.61. The molecule has 0 radical (unpaired) electrons. The summed E-state index contributed by atoms with van der Waals surface area (Å²) in [6.07, 6.45) is 1.12. The number of rotatable bonds is 6. The van der Waals surface area contributed by atoms with Crippen molar-refractivity contribution in [2.24, 2.45) is 0 Å². The van der Waals surface area contributed by atoms with Crippen LogP contribution in [0.25, 0.3) is 10.9 Å². The highest BCUT2D eigenvalue weighted by molar-refractivity contribution is 7.54. The van der Waals surface area contributed by atoms with Crippen molar-refractivity contribution in [3.63, 3.8) is 0 Å². The van der Waals surface area contributed by atoms with Crippen LogP contribution in [0.2, 0.25) is 0 Å². The van der Waals surface area contributed by atoms with Crippen molar-refractivity contribution in [1.29, 1.82) is 0 Å². The van der Waals surface area contributed by atoms with Crippen LogP contribution in [0.3, 0.4) is 0 Å². The first-order valence-corrected chi connectivity index (χ1v) is 9.35. The Morgan fingerprint density at radius 3 is 2.50 bits per heavy atom. The van der Waals surface area contributed by atoms with E-state index in [-0.39, 0.29) is 5.69 Å². The molecule has 9 heteroatoms. The molecule has 1 aromatic carbocycles. The third-order valence-electron chi connectivity index (χ3n) is 4.27. The summed E-state index contributed by atoms with van der Waals surface area (Å²) in [5.41, 5.74) is 1.23. The van der Waals surface area contributed by atoms with Crippen LogP contribution in [0.1, 0.15) is 18.6 Å². The maximum atomic E-state index is 13.1. The zero-order chi connectivity index (χ0) is 16.9. The van der Waals surface area contributed by atoms with Gasteiger partial charge in [0.1, 0.15) is 0 Å². The first kappa shape index (κ1) is 15.7. The number of benzene rings is 1. The van der Waals surface area contributed by atoms with Gasteiger partial charge < -0.3 is 0 Å². The topological polar surface area (TPSA) is 88.3 Å². The van der Waals surface area contributed by atoms with Crippen LogP contribution in [0.4, 0.5) is 5.69 Å². The summed E-state index contributed by atoms with van der Waals surface area (Å²) in [7, 11) is -2.97. The fraction of sp³-hybridized carbons (Fsp3) is 0.400. The molecule has 0 aliphatic carbocycles. The molecule has 0 spiro atoms. The molecule has 126 valence electrons. The van der Waals surface area contributed by atoms with E-state index in [0.29, 0.717) is 16.5 Å². The van der Waals surface area contributed by atoms with Crippen LogP contribution in [0, 0.1) is 10.1 Å². The first-order valence-electron chi connectivity index (χ1n) is 7.82. The van der Waals surface area contributed by atoms with Gasteiger partial charge in [0.25, 0.3) is 5.69 Å². The summed E-state index contributed by atoms with van der Waals surface area (Å²) in [4.78, 5) is 15.1. The van der Waals surface area contributed by atoms with Gasteiger partial charge in [-0.1, -0.05) is 0 Å². The van der Waals surface area contributed by atoms with Crippen molar-refractivity contribution in [3.8, 4) is 0 Å². The molecule has 1 unspecified atom stereocenters. The number of hydrogen-bond donors (Lipinski definition) is 0. The lowest BCUT2D eigenvalue weighted by Gasteiger charge is -2.24. The molecule has 3 heterocycles. The van der Waals surface area contributed by atoms with E-state index in [4.69, 9.17) is 4.52 Å². The number of fused-ring (bicyclic) bond motifs is 1. The number of nitro groups is 1. The number of non-ortho nitro benzene ring substituents is 1. The predicted octanol–water partition coefficient (Wildman–Crippen LogP) is 2.96. The van der Waals surface area contributed by atoms with E-state index in [1.807, 2.05) is 16.3 Å². The van der Waals surface area contributed by atoms with E-state index in [0.717, 1.165) is 26.2 Å². The molecule has 2 aliphatic rings. The molecular weight excluding hydrogens is 331 g/mol. The second-order valence-corrected chi connectivity index (χ2v) is 8.30. The Labute approximate surface area is 138 Å². The molecular formula is C15H17N4O4P. The van der Waals surface area contributed by atoms with Crippen LogP contribution in [-0.4, -0.2) is 45.4 Å². The number of pyridine rings is 1. The number of nitrogens with zero attached hydrogens (tertiary/aromatic N) is 4. The highest BCUT2D eigenvalue weighted by Gasteiger charge is 2.50. The summed E-state index contributed by atoms with van der Waals surface area (Å²) < 4.78 is 22.8. The summed E-state index contributed by atoms with van der Waals surface area (Å²) in [5, 5.41) is 11.7. The largest absolute Gasteiger partial charge is 0.346 e. The third-order valence-corrected chi connectivity index (χ3v) is 7.09. The molecule has 2 aliphatic heterocycles. The number of aromatic nitrogens is 1. The molecule has 2 saturated heterocycles. The van der Waals surface area contributed by atoms with E-state index >= 15 is 0 Å². The molecule has 0 amide bonds. The van der Waals surface area contributed by atoms with E-state index in [9.17, 15) is 14.7 Å². The fourth-order valence-electron chi connectivity index (χ4n) is 2.84. The van der Waals surface area contributed by atoms with E-state index in [1.165, 1.54) is 6.07 Å². The minimum atomic E-state index is -2.97. The van der Waals surface area contributed by atoms with Crippen molar-refractivity contribution < 1.29 is 14.0 Å². The summed E-state index contributed by atoms with van der Waals surface area (Å²) in [6, 6.07) is 6.44. The molecule has 0 saturated carbocycles. The predicted molar refractivity (Wildman–Crippen MR) is 88.6 cm³/mol. The normalized spacial score (nSPS) is 19.4. The molecule has 2 aromatic rings. The summed E-state index contributed by atoms with van der Waals surface area (Å²) in [5.74, 6) is 0. The Morgan fingerprint density at radius 2 is 1.92 bits per heavy atom. The Balaban J connectivity index is 1.72. The van der Waals surface area contributed by atoms with Crippen LogP contribution in [0.15, 0.2) is 30.5 Å². The van der Waals surface area contributed by atoms with Gasteiger partial charge in [-0.3, -0.25) is 24.2 Å². The van der Waals surface area contributed by atoms with Gasteiger partial charge >= 0.3 is 7.67 Å². The molecule has 2 fully saturated rings. The molecule has 24 heavy (non-hydrogen) atoms. The highest BCUT2D eigenvalue weighted by Crippen LogP contribution is 2.63. The van der Waals surface area contributed by atoms with E-state index in [2.05, 4.69) is 4.98 Å². The van der Waals surface area contributed by atoms with Crippen LogP contribution in [0.5, 0.6) is 0 Å². The van der Waals surface area contributed by atoms with Crippen molar-refractivity contribution in [2.75, 3.05) is 26.2 Å². The first-order chi connectivity index (χ1) is 11.5. The second kappa shape index (κ2) is 5.60. The van der Waals surface area contributed by atoms with Gasteiger partial charge in [0.05, 0.1) is 21.9 Å². The zero-order valence-electron chi connectivity index (χ0n) is 13.2. The molecule has 4 rings (SSSR count). The van der Waals surface area contributed by atoms with Gasteiger partial charge in [0, 0.05) is 44.0 Å². The van der Waals surface area contributed by atoms with Crippen LogP contribution < -0.4 is 0 Å². The standard InChI is InChI=1S/C15H17N4O4P/c1-11(23-24(22,17-7-8-17)18-9-10-18)12-4-5-14(19(20)21)13-3-2-6-16-15(12)13/h2-6,11H,7-10H2,1H3. The minimum absolute atomic E-state index is 0.00844. The summed E-state index contributed by atoms with van der Waals surface area (Å²) in [6.45, 7) is 4.92. The average molecular weight is 348 g/mol. The Bertz CT molecular complexity index is 850. The minimum Gasteiger partial charge on any atom is -0.298 e. The average Bonchev–Trinajstić information content (AvgIpc) is 3.44.